The average molecular weight is 246 g/mol. The maximum absolute atomic E-state index is 10.6. The molecule has 1 aliphatic carbocycles. The number of hydrogen-bond acceptors (Lipinski definition) is 2. The van der Waals surface area contributed by atoms with E-state index in [0.717, 1.165) is 37.9 Å². The fourth-order valence-corrected chi connectivity index (χ4v) is 3.29. The van der Waals surface area contributed by atoms with Crippen LogP contribution in [0.2, 0.25) is 0 Å². The van der Waals surface area contributed by atoms with Crippen LogP contribution in [0.3, 0.4) is 0 Å². The minimum absolute atomic E-state index is 0.398. The Labute approximate surface area is 109 Å². The molecule has 0 bridgehead atoms. The number of aryl methyl sites for hydroxylation is 2. The van der Waals surface area contributed by atoms with Crippen LogP contribution in [-0.4, -0.2) is 17.3 Å². The summed E-state index contributed by atoms with van der Waals surface area (Å²) in [6.45, 7) is 2.82. The first-order valence-electron chi connectivity index (χ1n) is 7.13. The molecule has 0 saturated carbocycles. The van der Waals surface area contributed by atoms with Gasteiger partial charge in [0, 0.05) is 6.61 Å². The van der Waals surface area contributed by atoms with E-state index >= 15 is 0 Å². The van der Waals surface area contributed by atoms with Gasteiger partial charge in [-0.05, 0) is 62.1 Å². The third-order valence-electron chi connectivity index (χ3n) is 4.52. The molecule has 0 aromatic heterocycles. The van der Waals surface area contributed by atoms with Gasteiger partial charge < -0.3 is 9.84 Å². The molecule has 18 heavy (non-hydrogen) atoms. The van der Waals surface area contributed by atoms with Gasteiger partial charge >= 0.3 is 0 Å². The summed E-state index contributed by atoms with van der Waals surface area (Å²) in [5.41, 5.74) is 3.51. The first-order valence-corrected chi connectivity index (χ1v) is 7.13. The third kappa shape index (κ3) is 2.08. The van der Waals surface area contributed by atoms with Crippen LogP contribution >= 0.6 is 0 Å². The van der Waals surface area contributed by atoms with Crippen molar-refractivity contribution in [2.75, 3.05) is 6.61 Å². The van der Waals surface area contributed by atoms with E-state index in [1.807, 2.05) is 6.92 Å². The lowest BCUT2D eigenvalue weighted by Crippen LogP contribution is -2.39. The Morgan fingerprint density at radius 2 is 2.00 bits per heavy atom. The molecule has 0 amide bonds. The molecule has 0 spiro atoms. The molecule has 2 unspecified atom stereocenters. The van der Waals surface area contributed by atoms with Gasteiger partial charge in [-0.3, -0.25) is 0 Å². The zero-order valence-electron chi connectivity index (χ0n) is 11.1. The van der Waals surface area contributed by atoms with Crippen LogP contribution in [0, 0.1) is 0 Å². The lowest BCUT2D eigenvalue weighted by Gasteiger charge is -2.38. The number of ether oxygens (including phenoxy) is 1. The van der Waals surface area contributed by atoms with Crippen LogP contribution in [0.5, 0.6) is 0 Å². The van der Waals surface area contributed by atoms with Gasteiger partial charge in [0.2, 0.25) is 0 Å². The predicted octanol–water partition coefficient (Wildman–Crippen LogP) is 3.17. The molecule has 2 aliphatic rings. The number of hydrogen-bond donors (Lipinski definition) is 1. The van der Waals surface area contributed by atoms with Gasteiger partial charge in [0.05, 0.1) is 5.60 Å². The molecule has 98 valence electrons. The molecule has 1 aromatic carbocycles. The standard InChI is InChI=1S/C16H22O2/c1-16(9-2-3-10-18-16)15(17)14-8-7-12-5-4-6-13(12)11-14/h7-8,11,15,17H,2-6,9-10H2,1H3. The molecule has 1 aliphatic heterocycles. The fourth-order valence-electron chi connectivity index (χ4n) is 3.29. The summed E-state index contributed by atoms with van der Waals surface area (Å²) >= 11 is 0. The number of rotatable bonds is 2. The van der Waals surface area contributed by atoms with Crippen molar-refractivity contribution in [3.63, 3.8) is 0 Å². The van der Waals surface area contributed by atoms with Crippen molar-refractivity contribution < 1.29 is 9.84 Å². The second kappa shape index (κ2) is 4.67. The van der Waals surface area contributed by atoms with Crippen molar-refractivity contribution >= 4 is 0 Å². The summed E-state index contributed by atoms with van der Waals surface area (Å²) < 4.78 is 5.85. The van der Waals surface area contributed by atoms with Gasteiger partial charge in [0.1, 0.15) is 6.10 Å². The van der Waals surface area contributed by atoms with Crippen LogP contribution in [-0.2, 0) is 17.6 Å². The van der Waals surface area contributed by atoms with E-state index in [1.165, 1.54) is 24.0 Å². The minimum atomic E-state index is -0.497. The molecule has 2 heteroatoms. The summed E-state index contributed by atoms with van der Waals surface area (Å²) in [5, 5.41) is 10.6. The van der Waals surface area contributed by atoms with E-state index in [1.54, 1.807) is 0 Å². The highest BCUT2D eigenvalue weighted by molar-refractivity contribution is 5.36. The molecule has 0 radical (unpaired) electrons. The van der Waals surface area contributed by atoms with E-state index in [9.17, 15) is 5.11 Å². The van der Waals surface area contributed by atoms with Crippen LogP contribution in [0.15, 0.2) is 18.2 Å². The Hall–Kier alpha value is -0.860. The maximum atomic E-state index is 10.6. The topological polar surface area (TPSA) is 29.5 Å². The first kappa shape index (κ1) is 12.2. The smallest absolute Gasteiger partial charge is 0.108 e. The number of benzene rings is 1. The molecule has 2 atom stereocenters. The molecule has 1 fully saturated rings. The normalized spacial score (nSPS) is 29.0. The average Bonchev–Trinajstić information content (AvgIpc) is 2.86. The Morgan fingerprint density at radius 1 is 1.17 bits per heavy atom. The van der Waals surface area contributed by atoms with Crippen LogP contribution in [0.4, 0.5) is 0 Å². The summed E-state index contributed by atoms with van der Waals surface area (Å²) in [5.74, 6) is 0. The molecule has 2 nitrogen and oxygen atoms in total. The van der Waals surface area contributed by atoms with Crippen molar-refractivity contribution in [2.45, 2.75) is 57.2 Å². The number of aliphatic hydroxyl groups is 1. The number of aliphatic hydroxyl groups excluding tert-OH is 1. The van der Waals surface area contributed by atoms with Crippen LogP contribution in [0.25, 0.3) is 0 Å². The number of fused-ring (bicyclic) bond motifs is 1. The van der Waals surface area contributed by atoms with Crippen molar-refractivity contribution in [2.24, 2.45) is 0 Å². The van der Waals surface area contributed by atoms with Crippen molar-refractivity contribution in [3.8, 4) is 0 Å². The van der Waals surface area contributed by atoms with Crippen molar-refractivity contribution in [1.29, 1.82) is 0 Å². The second-order valence-corrected chi connectivity index (χ2v) is 5.90. The highest BCUT2D eigenvalue weighted by Gasteiger charge is 2.36. The summed E-state index contributed by atoms with van der Waals surface area (Å²) in [7, 11) is 0. The van der Waals surface area contributed by atoms with Gasteiger partial charge in [-0.15, -0.1) is 0 Å². The zero-order chi connectivity index (χ0) is 12.6. The van der Waals surface area contributed by atoms with Crippen molar-refractivity contribution in [1.82, 2.24) is 0 Å². The Kier molecular flexibility index (Phi) is 3.16. The molecule has 3 rings (SSSR count). The fraction of sp³-hybridized carbons (Fsp3) is 0.625. The van der Waals surface area contributed by atoms with E-state index in [4.69, 9.17) is 4.74 Å². The summed E-state index contributed by atoms with van der Waals surface area (Å²) in [4.78, 5) is 0. The highest BCUT2D eigenvalue weighted by Crippen LogP contribution is 2.37. The molecule has 1 aromatic rings. The Bertz CT molecular complexity index is 433. The third-order valence-corrected chi connectivity index (χ3v) is 4.52. The first-order chi connectivity index (χ1) is 8.69. The summed E-state index contributed by atoms with van der Waals surface area (Å²) in [6.07, 6.45) is 6.33. The van der Waals surface area contributed by atoms with Gasteiger partial charge in [0.25, 0.3) is 0 Å². The highest BCUT2D eigenvalue weighted by atomic mass is 16.5. The molecular weight excluding hydrogens is 224 g/mol. The lowest BCUT2D eigenvalue weighted by molar-refractivity contribution is -0.138. The molecule has 1 heterocycles. The zero-order valence-corrected chi connectivity index (χ0v) is 11.1. The molecule has 1 N–H and O–H groups in total. The van der Waals surface area contributed by atoms with E-state index in [-0.39, 0.29) is 0 Å². The van der Waals surface area contributed by atoms with E-state index < -0.39 is 11.7 Å². The van der Waals surface area contributed by atoms with E-state index in [2.05, 4.69) is 18.2 Å². The van der Waals surface area contributed by atoms with Gasteiger partial charge in [-0.2, -0.15) is 0 Å². The lowest BCUT2D eigenvalue weighted by atomic mass is 9.85. The van der Waals surface area contributed by atoms with Gasteiger partial charge in [-0.25, -0.2) is 0 Å². The van der Waals surface area contributed by atoms with Crippen LogP contribution in [0.1, 0.15) is 55.4 Å². The molecule has 1 saturated heterocycles. The molecular formula is C16H22O2. The largest absolute Gasteiger partial charge is 0.385 e. The Balaban J connectivity index is 1.85. The SMILES string of the molecule is CC1(C(O)c2ccc3c(c2)CCC3)CCCCO1. The Morgan fingerprint density at radius 3 is 2.78 bits per heavy atom. The predicted molar refractivity (Wildman–Crippen MR) is 71.6 cm³/mol. The minimum Gasteiger partial charge on any atom is -0.385 e. The summed E-state index contributed by atoms with van der Waals surface area (Å²) in [6, 6.07) is 6.46. The van der Waals surface area contributed by atoms with Crippen molar-refractivity contribution in [3.05, 3.63) is 34.9 Å². The monoisotopic (exact) mass is 246 g/mol. The van der Waals surface area contributed by atoms with E-state index in [0.29, 0.717) is 0 Å². The second-order valence-electron chi connectivity index (χ2n) is 5.90. The quantitative estimate of drug-likeness (QED) is 0.868. The van der Waals surface area contributed by atoms with Gasteiger partial charge in [0.15, 0.2) is 0 Å². The van der Waals surface area contributed by atoms with Gasteiger partial charge in [-0.1, -0.05) is 18.2 Å². The van der Waals surface area contributed by atoms with Crippen LogP contribution < -0.4 is 0 Å². The maximum Gasteiger partial charge on any atom is 0.108 e.